The lowest BCUT2D eigenvalue weighted by Crippen LogP contribution is -2.20. The normalized spacial score (nSPS) is 13.3. The first kappa shape index (κ1) is 22.0. The Balaban J connectivity index is 1.63. The molecule has 0 radical (unpaired) electrons. The number of primary amides is 1. The molecule has 2 aromatic carbocycles. The Bertz CT molecular complexity index is 1300. The van der Waals surface area contributed by atoms with Crippen molar-refractivity contribution in [3.05, 3.63) is 75.9 Å². The van der Waals surface area contributed by atoms with Crippen LogP contribution < -0.4 is 15.8 Å². The molecular weight excluding hydrogens is 453 g/mol. The van der Waals surface area contributed by atoms with Crippen molar-refractivity contribution in [2.24, 2.45) is 5.73 Å². The van der Waals surface area contributed by atoms with Crippen molar-refractivity contribution in [3.8, 4) is 0 Å². The van der Waals surface area contributed by atoms with Gasteiger partial charge in [0.05, 0.1) is 21.7 Å². The van der Waals surface area contributed by atoms with Crippen LogP contribution in [-0.4, -0.2) is 20.2 Å². The summed E-state index contributed by atoms with van der Waals surface area (Å²) in [5, 5.41) is 3.10. The molecule has 1 aliphatic carbocycles. The molecule has 1 aliphatic rings. The highest BCUT2D eigenvalue weighted by molar-refractivity contribution is 7.92. The molecule has 7 nitrogen and oxygen atoms in total. The number of hydrogen-bond acceptors (Lipinski definition) is 5. The summed E-state index contributed by atoms with van der Waals surface area (Å²) >= 11 is 1.32. The zero-order valence-corrected chi connectivity index (χ0v) is 18.5. The minimum atomic E-state index is -4.05. The number of thiophene rings is 1. The third kappa shape index (κ3) is 4.37. The second kappa shape index (κ2) is 8.71. The molecule has 0 aliphatic heterocycles. The minimum Gasteiger partial charge on any atom is -0.365 e. The number of nitrogens with one attached hydrogen (secondary N) is 2. The summed E-state index contributed by atoms with van der Waals surface area (Å²) in [7, 11) is -4.05. The zero-order valence-electron chi connectivity index (χ0n) is 16.9. The number of anilines is 2. The van der Waals surface area contributed by atoms with Crippen LogP contribution >= 0.6 is 11.3 Å². The highest BCUT2D eigenvalue weighted by atomic mass is 32.2. The summed E-state index contributed by atoms with van der Waals surface area (Å²) in [6.45, 7) is 0. The molecule has 10 heteroatoms. The number of para-hydroxylation sites is 1. The fourth-order valence-electron chi connectivity index (χ4n) is 3.67. The third-order valence-corrected chi connectivity index (χ3v) is 7.77. The van der Waals surface area contributed by atoms with Gasteiger partial charge in [0.2, 0.25) is 0 Å². The Morgan fingerprint density at radius 3 is 2.41 bits per heavy atom. The van der Waals surface area contributed by atoms with E-state index in [2.05, 4.69) is 10.0 Å². The number of aryl methyl sites for hydroxylation is 1. The van der Waals surface area contributed by atoms with E-state index in [4.69, 9.17) is 5.73 Å². The van der Waals surface area contributed by atoms with Crippen LogP contribution in [0.5, 0.6) is 0 Å². The van der Waals surface area contributed by atoms with E-state index in [1.165, 1.54) is 23.5 Å². The molecule has 166 valence electrons. The quantitative estimate of drug-likeness (QED) is 0.503. The summed E-state index contributed by atoms with van der Waals surface area (Å²) in [5.41, 5.74) is 6.91. The monoisotopic (exact) mass is 473 g/mol. The second-order valence-corrected chi connectivity index (χ2v) is 10.1. The van der Waals surface area contributed by atoms with Crippen LogP contribution in [-0.2, 0) is 22.9 Å². The molecule has 2 amide bonds. The summed E-state index contributed by atoms with van der Waals surface area (Å²) in [6, 6.07) is 10.4. The van der Waals surface area contributed by atoms with E-state index in [1.54, 1.807) is 12.1 Å². The maximum atomic E-state index is 13.2. The number of halogens is 1. The van der Waals surface area contributed by atoms with Crippen LogP contribution in [0.1, 0.15) is 44.0 Å². The van der Waals surface area contributed by atoms with E-state index >= 15 is 0 Å². The number of nitrogens with two attached hydrogens (primary N) is 1. The number of fused-ring (bicyclic) bond motifs is 1. The highest BCUT2D eigenvalue weighted by Crippen LogP contribution is 2.38. The Morgan fingerprint density at radius 1 is 1.00 bits per heavy atom. The van der Waals surface area contributed by atoms with Gasteiger partial charge in [-0.1, -0.05) is 12.1 Å². The third-order valence-electron chi connectivity index (χ3n) is 5.18. The first-order valence-electron chi connectivity index (χ1n) is 9.89. The van der Waals surface area contributed by atoms with Crippen molar-refractivity contribution >= 4 is 43.9 Å². The maximum Gasteiger partial charge on any atom is 0.261 e. The van der Waals surface area contributed by atoms with Gasteiger partial charge in [0.1, 0.15) is 10.8 Å². The van der Waals surface area contributed by atoms with Gasteiger partial charge in [-0.3, -0.25) is 14.3 Å². The fraction of sp³-hybridized carbons (Fsp3) is 0.182. The molecule has 1 aromatic heterocycles. The van der Waals surface area contributed by atoms with Crippen molar-refractivity contribution in [2.45, 2.75) is 30.6 Å². The first-order chi connectivity index (χ1) is 15.3. The number of sulfonamides is 1. The average Bonchev–Trinajstić information content (AvgIpc) is 3.12. The molecule has 0 saturated heterocycles. The predicted octanol–water partition coefficient (Wildman–Crippen LogP) is 3.92. The van der Waals surface area contributed by atoms with E-state index in [1.807, 2.05) is 0 Å². The van der Waals surface area contributed by atoms with E-state index in [0.717, 1.165) is 60.4 Å². The van der Waals surface area contributed by atoms with Gasteiger partial charge in [-0.15, -0.1) is 11.3 Å². The summed E-state index contributed by atoms with van der Waals surface area (Å²) in [5.74, 6) is -1.75. The molecule has 0 spiro atoms. The lowest BCUT2D eigenvalue weighted by molar-refractivity contribution is 0.100. The highest BCUT2D eigenvalue weighted by Gasteiger charge is 2.26. The largest absolute Gasteiger partial charge is 0.365 e. The van der Waals surface area contributed by atoms with E-state index < -0.39 is 27.7 Å². The summed E-state index contributed by atoms with van der Waals surface area (Å²) in [4.78, 5) is 26.0. The van der Waals surface area contributed by atoms with Gasteiger partial charge in [0.25, 0.3) is 21.8 Å². The van der Waals surface area contributed by atoms with Gasteiger partial charge in [0, 0.05) is 4.88 Å². The van der Waals surface area contributed by atoms with Crippen LogP contribution in [0.3, 0.4) is 0 Å². The lowest BCUT2D eigenvalue weighted by Gasteiger charge is -2.13. The molecule has 0 saturated carbocycles. The minimum absolute atomic E-state index is 0.0521. The molecule has 0 atom stereocenters. The number of hydrogen-bond donors (Lipinski definition) is 3. The van der Waals surface area contributed by atoms with Crippen molar-refractivity contribution in [1.82, 2.24) is 0 Å². The van der Waals surface area contributed by atoms with Gasteiger partial charge >= 0.3 is 0 Å². The van der Waals surface area contributed by atoms with Crippen LogP contribution in [0.2, 0.25) is 0 Å². The van der Waals surface area contributed by atoms with E-state index in [9.17, 15) is 22.4 Å². The number of rotatable bonds is 6. The fourth-order valence-corrected chi connectivity index (χ4v) is 6.04. The van der Waals surface area contributed by atoms with Crippen molar-refractivity contribution in [3.63, 3.8) is 0 Å². The molecule has 1 heterocycles. The van der Waals surface area contributed by atoms with Crippen molar-refractivity contribution < 1.29 is 22.4 Å². The van der Waals surface area contributed by atoms with Gasteiger partial charge in [-0.05, 0) is 67.6 Å². The van der Waals surface area contributed by atoms with Crippen LogP contribution in [0, 0.1) is 5.82 Å². The van der Waals surface area contributed by atoms with Gasteiger partial charge in [-0.2, -0.15) is 0 Å². The Kier molecular flexibility index (Phi) is 5.98. The van der Waals surface area contributed by atoms with Crippen LogP contribution in [0.15, 0.2) is 53.4 Å². The predicted molar refractivity (Wildman–Crippen MR) is 121 cm³/mol. The molecule has 4 rings (SSSR count). The van der Waals surface area contributed by atoms with Crippen LogP contribution in [0.4, 0.5) is 15.1 Å². The smallest absolute Gasteiger partial charge is 0.261 e. The standard InChI is InChI=1S/C22H20FN3O4S2/c23-13-9-11-14(12-10-13)32(29,30)26-17-7-3-1-5-15(17)21(28)25-22-19(20(24)27)16-6-2-4-8-18(16)31-22/h1,3,5,7,9-12,26H,2,4,6,8H2,(H2,24,27)(H,25,28). The van der Waals surface area contributed by atoms with Crippen LogP contribution in [0.25, 0.3) is 0 Å². The zero-order chi connectivity index (χ0) is 22.9. The molecule has 3 aromatic rings. The number of benzene rings is 2. The van der Waals surface area contributed by atoms with Crippen molar-refractivity contribution in [2.75, 3.05) is 10.0 Å². The molecule has 0 fully saturated rings. The average molecular weight is 474 g/mol. The maximum absolute atomic E-state index is 13.2. The molecular formula is C22H20FN3O4S2. The molecule has 0 unspecified atom stereocenters. The summed E-state index contributed by atoms with van der Waals surface area (Å²) in [6.07, 6.45) is 3.51. The van der Waals surface area contributed by atoms with Crippen molar-refractivity contribution in [1.29, 1.82) is 0 Å². The topological polar surface area (TPSA) is 118 Å². The Hall–Kier alpha value is -3.24. The SMILES string of the molecule is NC(=O)c1c(NC(=O)c2ccccc2NS(=O)(=O)c2ccc(F)cc2)sc2c1CCCC2. The Labute approximate surface area is 188 Å². The van der Waals surface area contributed by atoms with E-state index in [0.29, 0.717) is 10.6 Å². The molecule has 0 bridgehead atoms. The van der Waals surface area contributed by atoms with E-state index in [-0.39, 0.29) is 16.1 Å². The second-order valence-electron chi connectivity index (χ2n) is 7.34. The van der Waals surface area contributed by atoms with Gasteiger partial charge in [-0.25, -0.2) is 12.8 Å². The number of amides is 2. The summed E-state index contributed by atoms with van der Waals surface area (Å²) < 4.78 is 40.9. The number of carbonyl (C=O) groups is 2. The number of carbonyl (C=O) groups excluding carboxylic acids is 2. The molecule has 4 N–H and O–H groups in total. The van der Waals surface area contributed by atoms with Gasteiger partial charge < -0.3 is 11.1 Å². The first-order valence-corrected chi connectivity index (χ1v) is 12.2. The lowest BCUT2D eigenvalue weighted by atomic mass is 9.95. The van der Waals surface area contributed by atoms with Gasteiger partial charge in [0.15, 0.2) is 0 Å². The molecule has 32 heavy (non-hydrogen) atoms. The Morgan fingerprint density at radius 2 is 1.69 bits per heavy atom.